The zero-order valence-electron chi connectivity index (χ0n) is 12.0. The van der Waals surface area contributed by atoms with E-state index in [-0.39, 0.29) is 11.3 Å². The Morgan fingerprint density at radius 2 is 1.82 bits per heavy atom. The summed E-state index contributed by atoms with van der Waals surface area (Å²) < 4.78 is 4.58. The van der Waals surface area contributed by atoms with E-state index in [9.17, 15) is 19.8 Å². The molecule has 0 fully saturated rings. The number of hydrogen-bond donors (Lipinski definition) is 3. The molecule has 0 radical (unpaired) electrons. The van der Waals surface area contributed by atoms with Gasteiger partial charge in [0.2, 0.25) is 0 Å². The van der Waals surface area contributed by atoms with Crippen LogP contribution in [0.3, 0.4) is 0 Å². The number of aliphatic imine (C=N–C) groups is 1. The van der Waals surface area contributed by atoms with Crippen LogP contribution in [0.1, 0.15) is 29.8 Å². The van der Waals surface area contributed by atoms with Gasteiger partial charge in [-0.25, -0.2) is 4.79 Å². The maximum absolute atomic E-state index is 11.8. The first-order valence-corrected chi connectivity index (χ1v) is 6.33. The summed E-state index contributed by atoms with van der Waals surface area (Å²) >= 11 is 0. The Balaban J connectivity index is 2.67. The molecule has 0 saturated heterocycles. The molecular formula is C15H14N2O5. The van der Waals surface area contributed by atoms with Crippen LogP contribution in [-0.2, 0) is 0 Å². The number of para-hydroxylation sites is 2. The number of Topliss-reactive ketones (excluding diaryl/α,β-unsaturated/α-hetero) is 1. The Morgan fingerprint density at radius 3 is 2.41 bits per heavy atom. The lowest BCUT2D eigenvalue weighted by molar-refractivity contribution is 0.100. The maximum Gasteiger partial charge on any atom is 0.351 e. The molecular weight excluding hydrogens is 288 g/mol. The molecule has 0 aliphatic carbocycles. The van der Waals surface area contributed by atoms with Crippen molar-refractivity contribution >= 4 is 22.9 Å². The predicted molar refractivity (Wildman–Crippen MR) is 81.0 cm³/mol. The highest BCUT2D eigenvalue weighted by Crippen LogP contribution is 2.30. The number of nitrogens with zero attached hydrogens (tertiary/aromatic N) is 1. The molecule has 0 spiro atoms. The molecule has 4 N–H and O–H groups in total. The van der Waals surface area contributed by atoms with Gasteiger partial charge in [0.05, 0.1) is 17.1 Å². The van der Waals surface area contributed by atoms with Gasteiger partial charge in [-0.3, -0.25) is 9.79 Å². The van der Waals surface area contributed by atoms with E-state index in [2.05, 4.69) is 9.41 Å². The summed E-state index contributed by atoms with van der Waals surface area (Å²) in [5.41, 5.74) is 4.88. The quantitative estimate of drug-likeness (QED) is 0.452. The SMILES string of the molecule is CC(=O)c1c(O)oc(=O)c(C(C)=Nc2ccccc2N)c1O. The Kier molecular flexibility index (Phi) is 3.98. The number of carbonyl (C=O) groups excluding carboxylic acids is 1. The number of benzene rings is 1. The van der Waals surface area contributed by atoms with Crippen molar-refractivity contribution in [2.24, 2.45) is 4.99 Å². The van der Waals surface area contributed by atoms with Crippen molar-refractivity contribution < 1.29 is 19.4 Å². The van der Waals surface area contributed by atoms with Crippen molar-refractivity contribution in [2.75, 3.05) is 5.73 Å². The summed E-state index contributed by atoms with van der Waals surface area (Å²) in [7, 11) is 0. The third-order valence-electron chi connectivity index (χ3n) is 3.02. The van der Waals surface area contributed by atoms with Gasteiger partial charge in [0.25, 0.3) is 5.95 Å². The normalized spacial score (nSPS) is 11.5. The van der Waals surface area contributed by atoms with Crippen LogP contribution < -0.4 is 11.4 Å². The summed E-state index contributed by atoms with van der Waals surface area (Å²) in [6.07, 6.45) is 0. The second-order valence-electron chi connectivity index (χ2n) is 4.61. The maximum atomic E-state index is 11.8. The van der Waals surface area contributed by atoms with Crippen LogP contribution in [0.15, 0.2) is 38.5 Å². The third kappa shape index (κ3) is 2.69. The fourth-order valence-electron chi connectivity index (χ4n) is 1.98. The summed E-state index contributed by atoms with van der Waals surface area (Å²) in [6, 6.07) is 6.70. The zero-order chi connectivity index (χ0) is 16.4. The largest absolute Gasteiger partial charge is 0.506 e. The number of aromatic hydroxyl groups is 2. The van der Waals surface area contributed by atoms with Gasteiger partial charge in [-0.15, -0.1) is 0 Å². The summed E-state index contributed by atoms with van der Waals surface area (Å²) in [5, 5.41) is 19.6. The highest BCUT2D eigenvalue weighted by molar-refractivity contribution is 6.07. The molecule has 7 nitrogen and oxygen atoms in total. The highest BCUT2D eigenvalue weighted by atomic mass is 16.5. The second-order valence-corrected chi connectivity index (χ2v) is 4.61. The number of hydrogen-bond acceptors (Lipinski definition) is 7. The molecule has 0 saturated carbocycles. The molecule has 0 atom stereocenters. The van der Waals surface area contributed by atoms with E-state index in [0.29, 0.717) is 11.4 Å². The molecule has 2 aromatic rings. The van der Waals surface area contributed by atoms with Crippen molar-refractivity contribution in [1.29, 1.82) is 0 Å². The van der Waals surface area contributed by atoms with Crippen molar-refractivity contribution in [3.8, 4) is 11.7 Å². The van der Waals surface area contributed by atoms with Gasteiger partial charge in [-0.05, 0) is 26.0 Å². The molecule has 1 aromatic heterocycles. The average molecular weight is 302 g/mol. The van der Waals surface area contributed by atoms with Gasteiger partial charge < -0.3 is 20.4 Å². The number of rotatable bonds is 3. The predicted octanol–water partition coefficient (Wildman–Crippen LogP) is 1.98. The zero-order valence-corrected chi connectivity index (χ0v) is 12.0. The standard InChI is InChI=1S/C15H14N2O5/c1-7(17-10-6-4-3-5-9(10)16)11-13(19)12(8(2)18)15(21)22-14(11)20/h3-6,19,21H,16H2,1-2H3. The van der Waals surface area contributed by atoms with Crippen molar-refractivity contribution in [3.05, 3.63) is 45.8 Å². The topological polar surface area (TPSA) is 126 Å². The molecule has 0 aliphatic heterocycles. The molecule has 0 aliphatic rings. The molecule has 1 aromatic carbocycles. The molecule has 0 unspecified atom stereocenters. The summed E-state index contributed by atoms with van der Waals surface area (Å²) in [5.74, 6) is -2.24. The van der Waals surface area contributed by atoms with E-state index in [1.165, 1.54) is 6.92 Å². The molecule has 1 heterocycles. The number of nitrogens with two attached hydrogens (primary N) is 1. The molecule has 0 bridgehead atoms. The Labute approximate surface area is 125 Å². The fourth-order valence-corrected chi connectivity index (χ4v) is 1.98. The molecule has 0 amide bonds. The van der Waals surface area contributed by atoms with Gasteiger partial charge >= 0.3 is 5.63 Å². The smallest absolute Gasteiger partial charge is 0.351 e. The van der Waals surface area contributed by atoms with Crippen LogP contribution in [0.2, 0.25) is 0 Å². The van der Waals surface area contributed by atoms with Crippen LogP contribution in [0.4, 0.5) is 11.4 Å². The van der Waals surface area contributed by atoms with E-state index in [1.807, 2.05) is 0 Å². The van der Waals surface area contributed by atoms with Gasteiger partial charge in [0.15, 0.2) is 5.78 Å². The monoisotopic (exact) mass is 302 g/mol. The summed E-state index contributed by atoms with van der Waals surface area (Å²) in [4.78, 5) is 27.4. The third-order valence-corrected chi connectivity index (χ3v) is 3.02. The van der Waals surface area contributed by atoms with Crippen molar-refractivity contribution in [2.45, 2.75) is 13.8 Å². The number of carbonyl (C=O) groups is 1. The van der Waals surface area contributed by atoms with E-state index in [4.69, 9.17) is 5.73 Å². The second kappa shape index (κ2) is 5.72. The highest BCUT2D eigenvalue weighted by Gasteiger charge is 2.23. The lowest BCUT2D eigenvalue weighted by Gasteiger charge is -2.08. The number of anilines is 1. The average Bonchev–Trinajstić information content (AvgIpc) is 2.40. The van der Waals surface area contributed by atoms with Crippen LogP contribution in [0, 0.1) is 0 Å². The minimum Gasteiger partial charge on any atom is -0.506 e. The van der Waals surface area contributed by atoms with Crippen molar-refractivity contribution in [3.63, 3.8) is 0 Å². The minimum atomic E-state index is -1.00. The number of ketones is 1. The molecule has 114 valence electrons. The summed E-state index contributed by atoms with van der Waals surface area (Å²) in [6.45, 7) is 2.58. The van der Waals surface area contributed by atoms with Gasteiger partial charge in [0.1, 0.15) is 16.9 Å². The lowest BCUT2D eigenvalue weighted by Crippen LogP contribution is -2.15. The minimum absolute atomic E-state index is 0.103. The van der Waals surface area contributed by atoms with Crippen LogP contribution in [-0.4, -0.2) is 21.7 Å². The lowest BCUT2D eigenvalue weighted by atomic mass is 10.1. The molecule has 22 heavy (non-hydrogen) atoms. The van der Waals surface area contributed by atoms with E-state index in [0.717, 1.165) is 6.92 Å². The van der Waals surface area contributed by atoms with Crippen LogP contribution >= 0.6 is 0 Å². The first-order chi connectivity index (χ1) is 10.3. The molecule has 2 rings (SSSR count). The molecule has 7 heteroatoms. The van der Waals surface area contributed by atoms with Gasteiger partial charge in [-0.2, -0.15) is 0 Å². The Bertz CT molecular complexity index is 836. The number of nitrogen functional groups attached to an aromatic ring is 1. The first kappa shape index (κ1) is 15.3. The van der Waals surface area contributed by atoms with Gasteiger partial charge in [-0.1, -0.05) is 12.1 Å². The first-order valence-electron chi connectivity index (χ1n) is 6.33. The van der Waals surface area contributed by atoms with Crippen LogP contribution in [0.25, 0.3) is 0 Å². The Hall–Kier alpha value is -3.09. The van der Waals surface area contributed by atoms with E-state index in [1.54, 1.807) is 24.3 Å². The van der Waals surface area contributed by atoms with Crippen LogP contribution in [0.5, 0.6) is 11.7 Å². The van der Waals surface area contributed by atoms with E-state index >= 15 is 0 Å². The van der Waals surface area contributed by atoms with E-state index < -0.39 is 28.7 Å². The Morgan fingerprint density at radius 1 is 1.18 bits per heavy atom. The van der Waals surface area contributed by atoms with Gasteiger partial charge in [0, 0.05) is 0 Å². The fraction of sp³-hybridized carbons (Fsp3) is 0.133. The van der Waals surface area contributed by atoms with Crippen molar-refractivity contribution in [1.82, 2.24) is 0 Å².